The van der Waals surface area contributed by atoms with Crippen LogP contribution in [0.5, 0.6) is 0 Å². The summed E-state index contributed by atoms with van der Waals surface area (Å²) in [6.07, 6.45) is 6.68. The first-order valence-electron chi connectivity index (χ1n) is 7.81. The van der Waals surface area contributed by atoms with Gasteiger partial charge in [0, 0.05) is 17.5 Å². The molecule has 2 fully saturated rings. The summed E-state index contributed by atoms with van der Waals surface area (Å²) in [7, 11) is 2.24. The minimum atomic E-state index is 0. The van der Waals surface area contributed by atoms with Crippen LogP contribution >= 0.6 is 24.8 Å². The van der Waals surface area contributed by atoms with Gasteiger partial charge in [-0.05, 0) is 63.4 Å². The van der Waals surface area contributed by atoms with Crippen LogP contribution in [0.3, 0.4) is 0 Å². The smallest absolute Gasteiger partial charge is 0.0176 e. The van der Waals surface area contributed by atoms with E-state index in [1.807, 2.05) is 0 Å². The number of nitrogens with one attached hydrogen (secondary N) is 1. The van der Waals surface area contributed by atoms with Gasteiger partial charge in [0.1, 0.15) is 0 Å². The number of benzene rings is 1. The summed E-state index contributed by atoms with van der Waals surface area (Å²) in [6.45, 7) is 2.52. The van der Waals surface area contributed by atoms with Crippen molar-refractivity contribution in [1.82, 2.24) is 10.2 Å². The largest absolute Gasteiger partial charge is 0.310 e. The van der Waals surface area contributed by atoms with Crippen LogP contribution in [0.4, 0.5) is 0 Å². The van der Waals surface area contributed by atoms with Crippen molar-refractivity contribution in [2.45, 2.75) is 49.6 Å². The Kier molecular flexibility index (Phi) is 5.25. The Balaban J connectivity index is 0.000000807. The minimum Gasteiger partial charge on any atom is -0.310 e. The van der Waals surface area contributed by atoms with Crippen LogP contribution in [0, 0.1) is 0 Å². The highest BCUT2D eigenvalue weighted by Gasteiger charge is 2.58. The Morgan fingerprint density at radius 2 is 1.86 bits per heavy atom. The van der Waals surface area contributed by atoms with E-state index >= 15 is 0 Å². The Bertz CT molecular complexity index is 485. The number of halogens is 2. The lowest BCUT2D eigenvalue weighted by Crippen LogP contribution is -2.43. The Labute approximate surface area is 140 Å². The van der Waals surface area contributed by atoms with E-state index in [4.69, 9.17) is 0 Å². The zero-order valence-corrected chi connectivity index (χ0v) is 14.3. The second-order valence-electron chi connectivity index (χ2n) is 6.81. The van der Waals surface area contributed by atoms with Crippen LogP contribution in [0.25, 0.3) is 0 Å². The van der Waals surface area contributed by atoms with Gasteiger partial charge in [0.15, 0.2) is 0 Å². The second kappa shape index (κ2) is 6.45. The van der Waals surface area contributed by atoms with Crippen molar-refractivity contribution in [2.24, 2.45) is 0 Å². The van der Waals surface area contributed by atoms with E-state index in [9.17, 15) is 0 Å². The van der Waals surface area contributed by atoms with Gasteiger partial charge < -0.3 is 10.2 Å². The number of likely N-dealkylation sites (tertiary alicyclic amines) is 1. The summed E-state index contributed by atoms with van der Waals surface area (Å²) in [6, 6.07) is 10.6. The van der Waals surface area contributed by atoms with Crippen molar-refractivity contribution in [1.29, 1.82) is 0 Å². The molecule has 1 saturated carbocycles. The molecule has 118 valence electrons. The first-order chi connectivity index (χ1) is 9.28. The zero-order chi connectivity index (χ0) is 12.9. The van der Waals surface area contributed by atoms with Gasteiger partial charge in [0.05, 0.1) is 0 Å². The predicted molar refractivity (Wildman–Crippen MR) is 93.0 cm³/mol. The van der Waals surface area contributed by atoms with E-state index in [1.54, 1.807) is 11.1 Å². The fourth-order valence-electron chi connectivity index (χ4n) is 4.27. The van der Waals surface area contributed by atoms with Crippen LogP contribution in [0.15, 0.2) is 24.3 Å². The number of hydrogen-bond acceptors (Lipinski definition) is 2. The first kappa shape index (κ1) is 17.1. The van der Waals surface area contributed by atoms with Crippen molar-refractivity contribution in [3.63, 3.8) is 0 Å². The summed E-state index contributed by atoms with van der Waals surface area (Å²) < 4.78 is 0. The van der Waals surface area contributed by atoms with Gasteiger partial charge in [-0.15, -0.1) is 24.8 Å². The van der Waals surface area contributed by atoms with Gasteiger partial charge in [-0.3, -0.25) is 0 Å². The average molecular weight is 329 g/mol. The number of rotatable bonds is 2. The lowest BCUT2D eigenvalue weighted by molar-refractivity contribution is 0.231. The van der Waals surface area contributed by atoms with Crippen LogP contribution < -0.4 is 5.32 Å². The summed E-state index contributed by atoms with van der Waals surface area (Å²) in [5.74, 6) is 0. The van der Waals surface area contributed by atoms with Gasteiger partial charge in [-0.2, -0.15) is 0 Å². The molecule has 0 radical (unpaired) electrons. The number of hydrogen-bond donors (Lipinski definition) is 1. The molecule has 1 aromatic carbocycles. The molecular formula is C17H26Cl2N2. The molecule has 1 spiro atoms. The number of fused-ring (bicyclic) bond motifs is 2. The van der Waals surface area contributed by atoms with Gasteiger partial charge in [-0.1, -0.05) is 24.3 Å². The van der Waals surface area contributed by atoms with Gasteiger partial charge in [0.25, 0.3) is 0 Å². The van der Waals surface area contributed by atoms with Crippen molar-refractivity contribution >= 4 is 24.8 Å². The summed E-state index contributed by atoms with van der Waals surface area (Å²) in [4.78, 5) is 2.45. The van der Waals surface area contributed by atoms with Crippen LogP contribution in [-0.2, 0) is 11.8 Å². The highest BCUT2D eigenvalue weighted by Crippen LogP contribution is 2.56. The van der Waals surface area contributed by atoms with Crippen molar-refractivity contribution in [3.05, 3.63) is 35.4 Å². The van der Waals surface area contributed by atoms with Gasteiger partial charge in [-0.25, -0.2) is 0 Å². The second-order valence-corrected chi connectivity index (χ2v) is 6.81. The number of aryl methyl sites for hydroxylation is 1. The SMILES string of the molecule is CN1CCC(N[C@@H]2C[C@@]23CCc2ccccc23)CC1.Cl.Cl. The zero-order valence-electron chi connectivity index (χ0n) is 12.7. The van der Waals surface area contributed by atoms with Crippen molar-refractivity contribution in [3.8, 4) is 0 Å². The normalized spacial score (nSPS) is 31.4. The average Bonchev–Trinajstić information content (AvgIpc) is 3.00. The number of nitrogens with zero attached hydrogens (tertiary/aromatic N) is 1. The molecular weight excluding hydrogens is 303 g/mol. The first-order valence-corrected chi connectivity index (χ1v) is 7.81. The molecule has 21 heavy (non-hydrogen) atoms. The lowest BCUT2D eigenvalue weighted by atomic mass is 9.97. The van der Waals surface area contributed by atoms with Crippen LogP contribution in [-0.4, -0.2) is 37.1 Å². The van der Waals surface area contributed by atoms with E-state index in [2.05, 4.69) is 41.5 Å². The third-order valence-corrected chi connectivity index (χ3v) is 5.62. The molecule has 1 heterocycles. The summed E-state index contributed by atoms with van der Waals surface area (Å²) in [5, 5.41) is 3.96. The third-order valence-electron chi connectivity index (χ3n) is 5.62. The van der Waals surface area contributed by atoms with Crippen molar-refractivity contribution < 1.29 is 0 Å². The highest BCUT2D eigenvalue weighted by molar-refractivity contribution is 5.85. The van der Waals surface area contributed by atoms with E-state index in [1.165, 1.54) is 45.2 Å². The molecule has 0 bridgehead atoms. The van der Waals surface area contributed by atoms with Gasteiger partial charge >= 0.3 is 0 Å². The van der Waals surface area contributed by atoms with Crippen LogP contribution in [0.1, 0.15) is 36.8 Å². The Morgan fingerprint density at radius 3 is 2.62 bits per heavy atom. The molecule has 1 saturated heterocycles. The molecule has 2 nitrogen and oxygen atoms in total. The standard InChI is InChI=1S/C17H24N2.2ClH/c1-19-10-7-14(8-11-19)18-16-12-17(16)9-6-13-4-2-3-5-15(13)17;;/h2-5,14,16,18H,6-12H2,1H3;2*1H/t16-,17-;;/m1../s1. The maximum absolute atomic E-state index is 3.96. The fraction of sp³-hybridized carbons (Fsp3) is 0.647. The van der Waals surface area contributed by atoms with Gasteiger partial charge in [0.2, 0.25) is 0 Å². The van der Waals surface area contributed by atoms with Crippen LogP contribution in [0.2, 0.25) is 0 Å². The fourth-order valence-corrected chi connectivity index (χ4v) is 4.27. The van der Waals surface area contributed by atoms with Crippen molar-refractivity contribution in [2.75, 3.05) is 20.1 Å². The molecule has 1 N–H and O–H groups in total. The summed E-state index contributed by atoms with van der Waals surface area (Å²) in [5.41, 5.74) is 3.77. The highest BCUT2D eigenvalue weighted by atomic mass is 35.5. The molecule has 3 aliphatic rings. The topological polar surface area (TPSA) is 15.3 Å². The minimum absolute atomic E-state index is 0. The Hall–Kier alpha value is -0.280. The van der Waals surface area contributed by atoms with E-state index in [0.29, 0.717) is 5.41 Å². The molecule has 4 rings (SSSR count). The maximum atomic E-state index is 3.96. The lowest BCUT2D eigenvalue weighted by Gasteiger charge is -2.30. The third kappa shape index (κ3) is 2.96. The molecule has 1 aromatic rings. The van der Waals surface area contributed by atoms with E-state index < -0.39 is 0 Å². The monoisotopic (exact) mass is 328 g/mol. The summed E-state index contributed by atoms with van der Waals surface area (Å²) >= 11 is 0. The molecule has 0 amide bonds. The number of piperidine rings is 1. The Morgan fingerprint density at radius 1 is 1.14 bits per heavy atom. The molecule has 4 heteroatoms. The maximum Gasteiger partial charge on any atom is 0.0176 e. The quantitative estimate of drug-likeness (QED) is 0.897. The van der Waals surface area contributed by atoms with E-state index in [-0.39, 0.29) is 24.8 Å². The predicted octanol–water partition coefficient (Wildman–Crippen LogP) is 3.17. The van der Waals surface area contributed by atoms with E-state index in [0.717, 1.165) is 12.1 Å². The molecule has 0 unspecified atom stereocenters. The molecule has 1 aliphatic heterocycles. The molecule has 2 atom stereocenters. The molecule has 0 aromatic heterocycles. The molecule has 2 aliphatic carbocycles.